The monoisotopic (exact) mass is 896 g/mol. The Bertz CT molecular complexity index is 221. The van der Waals surface area contributed by atoms with Gasteiger partial charge >= 0.3 is 120 Å². The van der Waals surface area contributed by atoms with Crippen molar-refractivity contribution in [2.24, 2.45) is 0 Å². The Kier molecular flexibility index (Phi) is 42.1. The van der Waals surface area contributed by atoms with E-state index in [0.29, 0.717) is 9.47 Å². The molecule has 0 fully saturated rings. The Morgan fingerprint density at radius 1 is 1.00 bits per heavy atom. The quantitative estimate of drug-likeness (QED) is 0.217. The van der Waals surface area contributed by atoms with Crippen LogP contribution in [0.25, 0.3) is 0 Å². The molecule has 18 heavy (non-hydrogen) atoms. The Labute approximate surface area is 175 Å². The first-order valence-electron chi connectivity index (χ1n) is 3.82. The van der Waals surface area contributed by atoms with Crippen molar-refractivity contribution in [1.29, 1.82) is 0 Å². The van der Waals surface area contributed by atoms with Crippen molar-refractivity contribution in [2.75, 3.05) is 7.11 Å². The summed E-state index contributed by atoms with van der Waals surface area (Å²) in [7, 11) is 1.80. The fourth-order valence-corrected chi connectivity index (χ4v) is 0.144. The van der Waals surface area contributed by atoms with Crippen molar-refractivity contribution in [3.05, 3.63) is 0 Å². The van der Waals surface area contributed by atoms with Crippen molar-refractivity contribution >= 4 is 117 Å². The maximum atomic E-state index is 9.94. The number of rotatable bonds is 1. The summed E-state index contributed by atoms with van der Waals surface area (Å²) in [5.41, 5.74) is 0. The van der Waals surface area contributed by atoms with E-state index in [1.54, 1.807) is 0 Å². The summed E-state index contributed by atoms with van der Waals surface area (Å²) in [6.07, 6.45) is 0. The third-order valence-corrected chi connectivity index (χ3v) is 0.473. The van der Waals surface area contributed by atoms with Gasteiger partial charge in [0.2, 0.25) is 5.78 Å². The molecule has 0 heterocycles. The molecule has 0 bridgehead atoms. The van der Waals surface area contributed by atoms with Crippen LogP contribution in [0.2, 0.25) is 0 Å². The molecule has 0 aliphatic heterocycles. The van der Waals surface area contributed by atoms with Crippen LogP contribution in [0.15, 0.2) is 0 Å². The number of carbonyl (C=O) groups excluding carboxylic acids is 3. The molecular weight excluding hydrogens is 884 g/mol. The maximum absolute atomic E-state index is 9.94. The first-order valence-corrected chi connectivity index (χ1v) is 26.4. The van der Waals surface area contributed by atoms with E-state index in [4.69, 9.17) is 0 Å². The normalized spacial score (nSPS) is 7.22. The van der Waals surface area contributed by atoms with Gasteiger partial charge in [-0.15, -0.1) is 0 Å². The van der Waals surface area contributed by atoms with E-state index in [0.717, 1.165) is 6.92 Å². The summed E-state index contributed by atoms with van der Waals surface area (Å²) in [6, 6.07) is 0. The number of carbonyl (C=O) groups is 3. The molecule has 0 aromatic rings. The molecular formula is C7H12I5O4V2. The number of methoxy groups -OCH3 is 1. The Balaban J connectivity index is -0.0000000775. The zero-order chi connectivity index (χ0) is 15.7. The van der Waals surface area contributed by atoms with Crippen LogP contribution in [-0.2, 0) is 33.5 Å². The fourth-order valence-electron chi connectivity index (χ4n) is 0.144. The van der Waals surface area contributed by atoms with E-state index in [2.05, 4.69) is 105 Å². The standard InChI is InChI=1S/C4H6O3.C3H6O.5HI.2V/c1-3(5)4(6)7-2;1-3(2)4;;;;;;;/h1-2H3;1-2H3;5*1H;;/q;;;;;;;+2;+3/p-5. The van der Waals surface area contributed by atoms with Crippen LogP contribution in [0.4, 0.5) is 0 Å². The Morgan fingerprint density at radius 3 is 1.17 bits per heavy atom. The number of hydrogen-bond acceptors (Lipinski definition) is 4. The summed E-state index contributed by atoms with van der Waals surface area (Å²) in [5, 5.41) is 0. The topological polar surface area (TPSA) is 60.4 Å². The second-order valence-corrected chi connectivity index (χ2v) is 49.4. The molecule has 109 valence electrons. The van der Waals surface area contributed by atoms with E-state index >= 15 is 0 Å². The van der Waals surface area contributed by atoms with E-state index in [1.165, 1.54) is 21.0 Å². The van der Waals surface area contributed by atoms with Gasteiger partial charge in [0, 0.05) is 6.92 Å². The number of esters is 1. The van der Waals surface area contributed by atoms with Gasteiger partial charge in [-0.2, -0.15) is 0 Å². The molecule has 0 saturated heterocycles. The average molecular weight is 897 g/mol. The van der Waals surface area contributed by atoms with E-state index in [-0.39, 0.29) is 10.7 Å². The molecule has 0 aliphatic rings. The van der Waals surface area contributed by atoms with Gasteiger partial charge < -0.3 is 9.53 Å². The van der Waals surface area contributed by atoms with Crippen LogP contribution in [-0.4, -0.2) is 24.6 Å². The first-order chi connectivity index (χ1) is 8.06. The molecule has 0 saturated carbocycles. The van der Waals surface area contributed by atoms with Gasteiger partial charge in [0.25, 0.3) is 0 Å². The van der Waals surface area contributed by atoms with Crippen LogP contribution in [0.1, 0.15) is 20.8 Å². The zero-order valence-corrected chi connectivity index (χ0v) is 23.5. The van der Waals surface area contributed by atoms with Crippen LogP contribution < -0.4 is 0 Å². The number of ether oxygens (including phenoxy) is 1. The van der Waals surface area contributed by atoms with Crippen molar-refractivity contribution < 1.29 is 33.5 Å². The fraction of sp³-hybridized carbons (Fsp3) is 0.571. The minimum atomic E-state index is -0.792. The summed E-state index contributed by atoms with van der Waals surface area (Å²) < 4.78 is 4.02. The summed E-state index contributed by atoms with van der Waals surface area (Å²) >= 11 is 12.1. The van der Waals surface area contributed by atoms with Crippen molar-refractivity contribution in [1.82, 2.24) is 0 Å². The summed E-state index contributed by atoms with van der Waals surface area (Å²) in [6.45, 7) is 4.21. The van der Waals surface area contributed by atoms with Gasteiger partial charge in [-0.1, -0.05) is 0 Å². The molecule has 0 unspecified atom stereocenters. The van der Waals surface area contributed by atoms with E-state index in [1.807, 2.05) is 0 Å². The van der Waals surface area contributed by atoms with Gasteiger partial charge in [0.1, 0.15) is 5.78 Å². The average Bonchev–Trinajstić information content (AvgIpc) is 2.15. The summed E-state index contributed by atoms with van der Waals surface area (Å²) in [5.74, 6) is -1.19. The molecule has 11 heteroatoms. The van der Waals surface area contributed by atoms with Crippen molar-refractivity contribution in [3.8, 4) is 0 Å². The van der Waals surface area contributed by atoms with Crippen molar-refractivity contribution in [2.45, 2.75) is 20.8 Å². The molecule has 0 N–H and O–H groups in total. The molecule has 0 aromatic heterocycles. The van der Waals surface area contributed by atoms with E-state index in [9.17, 15) is 14.4 Å². The second kappa shape index (κ2) is 25.6. The molecule has 0 atom stereocenters. The van der Waals surface area contributed by atoms with Gasteiger partial charge in [0.15, 0.2) is 0 Å². The van der Waals surface area contributed by atoms with Gasteiger partial charge in [-0.05, 0) is 13.8 Å². The number of ketones is 2. The van der Waals surface area contributed by atoms with Crippen LogP contribution >= 0.6 is 99.9 Å². The zero-order valence-electron chi connectivity index (χ0n) is 9.92. The van der Waals surface area contributed by atoms with Crippen molar-refractivity contribution in [3.63, 3.8) is 0 Å². The Morgan fingerprint density at radius 2 is 1.17 bits per heavy atom. The molecule has 4 nitrogen and oxygen atoms in total. The van der Waals surface area contributed by atoms with Gasteiger partial charge in [-0.25, -0.2) is 4.79 Å². The SMILES string of the molecule is CC(C)=O.COC(=O)C(C)=O.[I][V]([I])[I].[I][V][I]. The predicted octanol–water partition coefficient (Wildman–Crippen LogP) is 4.77. The van der Waals surface area contributed by atoms with Crippen LogP contribution in [0, 0.1) is 0 Å². The molecule has 0 amide bonds. The third kappa shape index (κ3) is 73.5. The summed E-state index contributed by atoms with van der Waals surface area (Å²) in [4.78, 5) is 29.0. The molecule has 0 rings (SSSR count). The molecule has 0 aromatic carbocycles. The molecule has 0 spiro atoms. The number of Topliss-reactive ketones (excluding diaryl/α,β-unsaturated/α-hetero) is 2. The number of halogens is 5. The van der Waals surface area contributed by atoms with Gasteiger partial charge in [-0.3, -0.25) is 4.79 Å². The van der Waals surface area contributed by atoms with Crippen LogP contribution in [0.5, 0.6) is 0 Å². The third-order valence-electron chi connectivity index (χ3n) is 0.473. The number of hydrogen-bond donors (Lipinski definition) is 0. The van der Waals surface area contributed by atoms with Crippen LogP contribution in [0.3, 0.4) is 0 Å². The first kappa shape index (κ1) is 29.6. The van der Waals surface area contributed by atoms with E-state index < -0.39 is 11.8 Å². The molecule has 0 radical (unpaired) electrons. The predicted molar refractivity (Wildman–Crippen MR) is 109 cm³/mol. The molecule has 0 aliphatic carbocycles. The minimum absolute atomic E-state index is 0.167. The second-order valence-electron chi connectivity index (χ2n) is 2.21. The Hall–Kier alpha value is 3.63. The van der Waals surface area contributed by atoms with Gasteiger partial charge in [0.05, 0.1) is 7.11 Å².